The third-order valence-corrected chi connectivity index (χ3v) is 4.48. The fourth-order valence-electron chi connectivity index (χ4n) is 3.23. The lowest BCUT2D eigenvalue weighted by Crippen LogP contribution is -2.49. The van der Waals surface area contributed by atoms with Gasteiger partial charge in [-0.25, -0.2) is 0 Å². The van der Waals surface area contributed by atoms with Crippen molar-refractivity contribution in [3.63, 3.8) is 0 Å². The average molecular weight is 317 g/mol. The van der Waals surface area contributed by atoms with Crippen molar-refractivity contribution in [2.24, 2.45) is 0 Å². The maximum Gasteiger partial charge on any atom is 0.223 e. The van der Waals surface area contributed by atoms with Gasteiger partial charge in [0.05, 0.1) is 0 Å². The molecule has 1 aliphatic rings. The van der Waals surface area contributed by atoms with E-state index >= 15 is 0 Å². The van der Waals surface area contributed by atoms with Gasteiger partial charge < -0.3 is 14.7 Å². The summed E-state index contributed by atoms with van der Waals surface area (Å²) in [7, 11) is 0. The lowest BCUT2D eigenvalue weighted by molar-refractivity contribution is -0.131. The Kier molecular flexibility index (Phi) is 7.40. The van der Waals surface area contributed by atoms with Gasteiger partial charge in [-0.05, 0) is 38.1 Å². The van der Waals surface area contributed by atoms with Crippen molar-refractivity contribution in [3.05, 3.63) is 30.3 Å². The van der Waals surface area contributed by atoms with Crippen LogP contribution in [0.4, 0.5) is 5.69 Å². The second-order valence-corrected chi connectivity index (χ2v) is 6.30. The van der Waals surface area contributed by atoms with E-state index in [9.17, 15) is 4.79 Å². The van der Waals surface area contributed by atoms with Crippen LogP contribution < -0.4 is 4.90 Å². The van der Waals surface area contributed by atoms with Crippen LogP contribution in [0.2, 0.25) is 0 Å². The predicted molar refractivity (Wildman–Crippen MR) is 96.9 cm³/mol. The number of carbonyl (C=O) groups excluding carboxylic acids is 1. The van der Waals surface area contributed by atoms with Gasteiger partial charge in [-0.2, -0.15) is 0 Å². The zero-order valence-corrected chi connectivity index (χ0v) is 14.7. The monoisotopic (exact) mass is 317 g/mol. The molecule has 1 saturated heterocycles. The Balaban J connectivity index is 1.75. The van der Waals surface area contributed by atoms with E-state index in [2.05, 4.69) is 47.9 Å². The number of amides is 1. The molecule has 2 rings (SSSR count). The Morgan fingerprint density at radius 2 is 1.57 bits per heavy atom. The predicted octanol–water partition coefficient (Wildman–Crippen LogP) is 2.85. The number of hydrogen-bond acceptors (Lipinski definition) is 3. The van der Waals surface area contributed by atoms with Gasteiger partial charge >= 0.3 is 0 Å². The van der Waals surface area contributed by atoms with E-state index in [1.807, 2.05) is 11.0 Å². The number of benzene rings is 1. The second-order valence-electron chi connectivity index (χ2n) is 6.30. The van der Waals surface area contributed by atoms with Crippen LogP contribution in [0.1, 0.15) is 33.1 Å². The van der Waals surface area contributed by atoms with E-state index in [0.29, 0.717) is 12.3 Å². The maximum absolute atomic E-state index is 12.4. The Morgan fingerprint density at radius 3 is 2.13 bits per heavy atom. The number of carbonyl (C=O) groups is 1. The largest absolute Gasteiger partial charge is 0.368 e. The molecule has 0 unspecified atom stereocenters. The summed E-state index contributed by atoms with van der Waals surface area (Å²) in [5, 5.41) is 0. The van der Waals surface area contributed by atoms with E-state index in [-0.39, 0.29) is 0 Å². The third-order valence-electron chi connectivity index (χ3n) is 4.48. The van der Waals surface area contributed by atoms with Crippen molar-refractivity contribution in [2.75, 3.05) is 50.7 Å². The molecule has 0 aliphatic carbocycles. The Morgan fingerprint density at radius 1 is 0.957 bits per heavy atom. The fourth-order valence-corrected chi connectivity index (χ4v) is 3.23. The summed E-state index contributed by atoms with van der Waals surface area (Å²) in [5.41, 5.74) is 1.26. The minimum atomic E-state index is 0.315. The highest BCUT2D eigenvalue weighted by atomic mass is 16.2. The quantitative estimate of drug-likeness (QED) is 0.738. The topological polar surface area (TPSA) is 26.8 Å². The summed E-state index contributed by atoms with van der Waals surface area (Å²) in [6.07, 6.45) is 2.97. The van der Waals surface area contributed by atoms with Gasteiger partial charge in [-0.3, -0.25) is 4.79 Å². The van der Waals surface area contributed by atoms with Crippen LogP contribution in [0.25, 0.3) is 0 Å². The van der Waals surface area contributed by atoms with Crippen LogP contribution in [-0.4, -0.2) is 61.5 Å². The van der Waals surface area contributed by atoms with Crippen molar-refractivity contribution in [2.45, 2.75) is 33.1 Å². The molecule has 0 atom stereocenters. The van der Waals surface area contributed by atoms with Gasteiger partial charge in [-0.15, -0.1) is 0 Å². The molecular weight excluding hydrogens is 286 g/mol. The number of piperazine rings is 1. The summed E-state index contributed by atoms with van der Waals surface area (Å²) in [6, 6.07) is 10.5. The van der Waals surface area contributed by atoms with Crippen LogP contribution >= 0.6 is 0 Å². The number of nitrogens with zero attached hydrogens (tertiary/aromatic N) is 3. The lowest BCUT2D eigenvalue weighted by atomic mass is 10.2. The zero-order valence-electron chi connectivity index (χ0n) is 14.7. The summed E-state index contributed by atoms with van der Waals surface area (Å²) in [6.45, 7) is 11.1. The Labute approximate surface area is 141 Å². The minimum Gasteiger partial charge on any atom is -0.368 e. The summed E-state index contributed by atoms with van der Waals surface area (Å²) >= 11 is 0. The molecule has 4 nitrogen and oxygen atoms in total. The standard InChI is InChI=1S/C19H31N3O/c1-3-11-20(12-4-2)13-10-19(23)22-16-14-21(15-17-22)18-8-6-5-7-9-18/h5-9H,3-4,10-17H2,1-2H3. The molecule has 1 aromatic rings. The SMILES string of the molecule is CCCN(CCC)CCC(=O)N1CCN(c2ccccc2)CC1. The van der Waals surface area contributed by atoms with Crippen molar-refractivity contribution >= 4 is 11.6 Å². The van der Waals surface area contributed by atoms with Crippen LogP contribution in [0.15, 0.2) is 30.3 Å². The molecular formula is C19H31N3O. The molecule has 1 fully saturated rings. The van der Waals surface area contributed by atoms with Crippen LogP contribution in [-0.2, 0) is 4.79 Å². The highest BCUT2D eigenvalue weighted by Gasteiger charge is 2.21. The summed E-state index contributed by atoms with van der Waals surface area (Å²) < 4.78 is 0. The molecule has 1 aliphatic heterocycles. The lowest BCUT2D eigenvalue weighted by Gasteiger charge is -2.36. The van der Waals surface area contributed by atoms with Crippen molar-refractivity contribution in [3.8, 4) is 0 Å². The van der Waals surface area contributed by atoms with Crippen molar-refractivity contribution in [1.29, 1.82) is 0 Å². The van der Waals surface area contributed by atoms with Crippen LogP contribution in [0.3, 0.4) is 0 Å². The molecule has 1 heterocycles. The van der Waals surface area contributed by atoms with E-state index in [0.717, 1.165) is 58.7 Å². The summed E-state index contributed by atoms with van der Waals surface area (Å²) in [5.74, 6) is 0.315. The molecule has 0 N–H and O–H groups in total. The van der Waals surface area contributed by atoms with E-state index in [1.165, 1.54) is 5.69 Å². The Bertz CT molecular complexity index is 449. The van der Waals surface area contributed by atoms with Gasteiger partial charge in [-0.1, -0.05) is 32.0 Å². The first-order chi connectivity index (χ1) is 11.2. The molecule has 0 saturated carbocycles. The van der Waals surface area contributed by atoms with Gasteiger partial charge in [0.25, 0.3) is 0 Å². The van der Waals surface area contributed by atoms with Gasteiger partial charge in [0.2, 0.25) is 5.91 Å². The van der Waals surface area contributed by atoms with Crippen LogP contribution in [0.5, 0.6) is 0 Å². The van der Waals surface area contributed by atoms with Crippen LogP contribution in [0, 0.1) is 0 Å². The van der Waals surface area contributed by atoms with Gasteiger partial charge in [0, 0.05) is 44.8 Å². The molecule has 1 amide bonds. The molecule has 0 radical (unpaired) electrons. The molecule has 4 heteroatoms. The van der Waals surface area contributed by atoms with E-state index < -0.39 is 0 Å². The fraction of sp³-hybridized carbons (Fsp3) is 0.632. The van der Waals surface area contributed by atoms with Crippen molar-refractivity contribution < 1.29 is 4.79 Å². The highest BCUT2D eigenvalue weighted by Crippen LogP contribution is 2.15. The highest BCUT2D eigenvalue weighted by molar-refractivity contribution is 5.76. The second kappa shape index (κ2) is 9.56. The summed E-state index contributed by atoms with van der Waals surface area (Å²) in [4.78, 5) is 19.3. The molecule has 0 spiro atoms. The number of anilines is 1. The Hall–Kier alpha value is -1.55. The molecule has 0 bridgehead atoms. The molecule has 23 heavy (non-hydrogen) atoms. The number of hydrogen-bond donors (Lipinski definition) is 0. The average Bonchev–Trinajstić information content (AvgIpc) is 2.61. The van der Waals surface area contributed by atoms with E-state index in [1.54, 1.807) is 0 Å². The normalized spacial score (nSPS) is 15.3. The number of rotatable bonds is 8. The first-order valence-corrected chi connectivity index (χ1v) is 9.04. The maximum atomic E-state index is 12.4. The molecule has 1 aromatic carbocycles. The third kappa shape index (κ3) is 5.54. The first-order valence-electron chi connectivity index (χ1n) is 9.04. The smallest absolute Gasteiger partial charge is 0.223 e. The first kappa shape index (κ1) is 17.8. The number of para-hydroxylation sites is 1. The van der Waals surface area contributed by atoms with Gasteiger partial charge in [0.1, 0.15) is 0 Å². The van der Waals surface area contributed by atoms with E-state index in [4.69, 9.17) is 0 Å². The molecule has 128 valence electrons. The van der Waals surface area contributed by atoms with Gasteiger partial charge in [0.15, 0.2) is 0 Å². The van der Waals surface area contributed by atoms with Crippen molar-refractivity contribution in [1.82, 2.24) is 9.80 Å². The zero-order chi connectivity index (χ0) is 16.5. The molecule has 0 aromatic heterocycles. The minimum absolute atomic E-state index is 0.315.